The van der Waals surface area contributed by atoms with Gasteiger partial charge >= 0.3 is 23.9 Å². The number of thiocyanates is 1. The molecule has 26 valence electrons. The molecule has 0 aromatic rings. The van der Waals surface area contributed by atoms with E-state index in [9.17, 15) is 0 Å². The van der Waals surface area contributed by atoms with Gasteiger partial charge in [0, 0.05) is 0 Å². The van der Waals surface area contributed by atoms with Gasteiger partial charge in [0.25, 0.3) is 0 Å². The average molecular weight is 212 g/mol. The zero-order chi connectivity index (χ0) is 2.71. The molecule has 0 aliphatic heterocycles. The molecule has 0 aromatic carbocycles. The normalized spacial score (nSPS) is 1.40. The van der Waals surface area contributed by atoms with Crippen LogP contribution in [0.2, 0.25) is 0 Å². The van der Waals surface area contributed by atoms with E-state index in [0.717, 1.165) is 0 Å². The predicted octanol–water partition coefficient (Wildman–Crippen LogP) is -3.36. The number of hydrogen-bond donors (Lipinski definition) is 0. The maximum Gasteiger partial charge on any atom is 2.00 e. The molecule has 0 fully saturated rings. The first-order valence-electron chi connectivity index (χ1n) is 0.428. The van der Waals surface area contributed by atoms with Crippen molar-refractivity contribution in [3.63, 3.8) is 0 Å². The second-order valence-electron chi connectivity index (χ2n) is 0.0913. The van der Waals surface area contributed by atoms with Gasteiger partial charge in [-0.15, -0.1) is 0 Å². The minimum atomic E-state index is 0. The summed E-state index contributed by atoms with van der Waals surface area (Å²) in [5.41, 5.74) is 0. The zero-order valence-corrected chi connectivity index (χ0v) is 6.66. The van der Waals surface area contributed by atoms with Crippen molar-refractivity contribution < 1.29 is 12.4 Å². The molecule has 0 N–H and O–H groups in total. The standard InChI is InChI=1S/CHNS.ClH.Sn/c2-1-3;;/h3H;1H;/q;;+2/p-2. The van der Waals surface area contributed by atoms with E-state index < -0.39 is 0 Å². The van der Waals surface area contributed by atoms with Gasteiger partial charge in [0.2, 0.25) is 0 Å². The molecule has 0 atom stereocenters. The van der Waals surface area contributed by atoms with Crippen LogP contribution >= 0.6 is 0 Å². The summed E-state index contributed by atoms with van der Waals surface area (Å²) in [6, 6.07) is 0. The van der Waals surface area contributed by atoms with Crippen molar-refractivity contribution in [1.29, 1.82) is 5.26 Å². The molecule has 0 spiro atoms. The third kappa shape index (κ3) is 58.9. The first kappa shape index (κ1) is 17.0. The number of rotatable bonds is 0. The molecule has 5 heavy (non-hydrogen) atoms. The van der Waals surface area contributed by atoms with Crippen molar-refractivity contribution in [2.75, 3.05) is 0 Å². The van der Waals surface area contributed by atoms with E-state index in [-0.39, 0.29) is 36.3 Å². The Hall–Kier alpha value is 0.799. The smallest absolute Gasteiger partial charge is 1.00 e. The molecule has 0 saturated heterocycles. The number of nitriles is 1. The molecule has 0 aromatic heterocycles. The van der Waals surface area contributed by atoms with Crippen LogP contribution in [0.15, 0.2) is 0 Å². The largest absolute Gasteiger partial charge is 2.00 e. The molecule has 0 saturated carbocycles. The Morgan fingerprint density at radius 3 is 1.60 bits per heavy atom. The van der Waals surface area contributed by atoms with Gasteiger partial charge in [-0.25, -0.2) is 5.26 Å². The number of hydrogen-bond acceptors (Lipinski definition) is 2. The second kappa shape index (κ2) is 21.4. The molecule has 2 radical (unpaired) electrons. The fourth-order valence-corrected chi connectivity index (χ4v) is 0. The summed E-state index contributed by atoms with van der Waals surface area (Å²) in [6.07, 6.45) is 0. The van der Waals surface area contributed by atoms with Crippen molar-refractivity contribution in [3.05, 3.63) is 0 Å². The maximum atomic E-state index is 7.13. The van der Waals surface area contributed by atoms with E-state index in [0.29, 0.717) is 0 Å². The molecule has 0 aliphatic carbocycles. The zero-order valence-electron chi connectivity index (χ0n) is 2.23. The minimum Gasteiger partial charge on any atom is -1.00 e. The summed E-state index contributed by atoms with van der Waals surface area (Å²) in [6.45, 7) is 0. The average Bonchev–Trinajstić information content (AvgIpc) is 0.918. The topological polar surface area (TPSA) is 23.8 Å². The quantitative estimate of drug-likeness (QED) is 0.238. The monoisotopic (exact) mass is 213 g/mol. The maximum absolute atomic E-state index is 7.13. The van der Waals surface area contributed by atoms with Gasteiger partial charge in [-0.2, -0.15) is 0 Å². The molecular weight excluding hydrogens is 212 g/mol. The van der Waals surface area contributed by atoms with Gasteiger partial charge in [0.05, 0.1) is 0 Å². The van der Waals surface area contributed by atoms with Gasteiger partial charge in [-0.1, -0.05) is 5.40 Å². The van der Waals surface area contributed by atoms with Gasteiger partial charge in [0.15, 0.2) is 0 Å². The number of halogens is 1. The van der Waals surface area contributed by atoms with Gasteiger partial charge in [-0.05, 0) is 0 Å². The molecule has 0 amide bonds. The van der Waals surface area contributed by atoms with E-state index in [1.165, 1.54) is 5.40 Å². The first-order valence-corrected chi connectivity index (χ1v) is 0.836. The fraction of sp³-hybridized carbons (Fsp3) is 0. The van der Waals surface area contributed by atoms with Crippen molar-refractivity contribution in [1.82, 2.24) is 0 Å². The second-order valence-corrected chi connectivity index (χ2v) is 0.274. The molecule has 0 unspecified atom stereocenters. The summed E-state index contributed by atoms with van der Waals surface area (Å²) in [4.78, 5) is 0. The third-order valence-corrected chi connectivity index (χ3v) is 0. The van der Waals surface area contributed by atoms with Gasteiger partial charge in [0.1, 0.15) is 0 Å². The molecular formula is CClNSSn. The summed E-state index contributed by atoms with van der Waals surface area (Å²) >= 11 is 3.70. The van der Waals surface area contributed by atoms with Crippen LogP contribution in [0, 0.1) is 10.7 Å². The van der Waals surface area contributed by atoms with Crippen molar-refractivity contribution in [3.8, 4) is 5.40 Å². The Morgan fingerprint density at radius 1 is 1.60 bits per heavy atom. The Labute approximate surface area is 59.5 Å². The molecule has 0 heterocycles. The van der Waals surface area contributed by atoms with Gasteiger partial charge in [-0.3, -0.25) is 0 Å². The van der Waals surface area contributed by atoms with Crippen LogP contribution in [0.3, 0.4) is 0 Å². The van der Waals surface area contributed by atoms with Crippen LogP contribution in [0.25, 0.3) is 0 Å². The third-order valence-electron chi connectivity index (χ3n) is 0. The molecule has 1 nitrogen and oxygen atoms in total. The SMILES string of the molecule is N#C[S-].[Cl-].[Sn+2]. The van der Waals surface area contributed by atoms with E-state index >= 15 is 0 Å². The summed E-state index contributed by atoms with van der Waals surface area (Å²) in [5.74, 6) is 0. The molecule has 0 bridgehead atoms. The van der Waals surface area contributed by atoms with E-state index in [2.05, 4.69) is 12.6 Å². The van der Waals surface area contributed by atoms with Crippen LogP contribution in [0.1, 0.15) is 0 Å². The summed E-state index contributed by atoms with van der Waals surface area (Å²) in [5, 5.41) is 8.47. The van der Waals surface area contributed by atoms with Crippen LogP contribution in [0.4, 0.5) is 0 Å². The summed E-state index contributed by atoms with van der Waals surface area (Å²) in [7, 11) is 0. The Balaban J connectivity index is -0.0000000200. The van der Waals surface area contributed by atoms with Crippen LogP contribution in [0.5, 0.6) is 0 Å². The Bertz CT molecular complexity index is 33.1. The van der Waals surface area contributed by atoms with Crippen molar-refractivity contribution >= 4 is 36.5 Å². The first-order chi connectivity index (χ1) is 1.41. The van der Waals surface area contributed by atoms with Crippen LogP contribution < -0.4 is 12.4 Å². The number of nitrogens with zero attached hydrogens (tertiary/aromatic N) is 1. The molecule has 0 rings (SSSR count). The van der Waals surface area contributed by atoms with Crippen LogP contribution in [-0.4, -0.2) is 23.9 Å². The van der Waals surface area contributed by atoms with Gasteiger partial charge < -0.3 is 25.0 Å². The van der Waals surface area contributed by atoms with E-state index in [1.807, 2.05) is 0 Å². The van der Waals surface area contributed by atoms with E-state index in [1.54, 1.807) is 0 Å². The Kier molecular flexibility index (Phi) is 73.0. The van der Waals surface area contributed by atoms with E-state index in [4.69, 9.17) is 5.26 Å². The molecule has 4 heteroatoms. The minimum absolute atomic E-state index is 0. The summed E-state index contributed by atoms with van der Waals surface area (Å²) < 4.78 is 0. The predicted molar refractivity (Wildman–Crippen MR) is 18.7 cm³/mol. The van der Waals surface area contributed by atoms with Crippen molar-refractivity contribution in [2.24, 2.45) is 0 Å². The molecule has 0 aliphatic rings. The Morgan fingerprint density at radius 2 is 1.60 bits per heavy atom. The van der Waals surface area contributed by atoms with Crippen LogP contribution in [-0.2, 0) is 12.6 Å². The fourth-order valence-electron chi connectivity index (χ4n) is 0. The van der Waals surface area contributed by atoms with Crippen molar-refractivity contribution in [2.45, 2.75) is 0 Å².